The standard InChI is InChI=1S/C14H11ClN2O5/c15-9-1-5-13(12(7-9)17(19)20)21-8-11-3-2-10(22-11)4-6-14(16)18/h1-7H,8H2,(H2,16,18)/b6-4-. The van der Waals surface area contributed by atoms with Gasteiger partial charge >= 0.3 is 5.69 Å². The quantitative estimate of drug-likeness (QED) is 0.499. The first kappa shape index (κ1) is 15.6. The molecule has 0 unspecified atom stereocenters. The maximum Gasteiger partial charge on any atom is 0.312 e. The van der Waals surface area contributed by atoms with E-state index in [1.165, 1.54) is 24.3 Å². The van der Waals surface area contributed by atoms with Crippen LogP contribution in [0, 0.1) is 10.1 Å². The summed E-state index contributed by atoms with van der Waals surface area (Å²) in [5, 5.41) is 11.2. The number of hydrogen-bond acceptors (Lipinski definition) is 5. The lowest BCUT2D eigenvalue weighted by molar-refractivity contribution is -0.385. The van der Waals surface area contributed by atoms with Gasteiger partial charge in [0.15, 0.2) is 5.75 Å². The molecule has 0 aliphatic heterocycles. The predicted octanol–water partition coefficient (Wildman–Crippen LogP) is 2.92. The summed E-state index contributed by atoms with van der Waals surface area (Å²) >= 11 is 5.72. The number of rotatable bonds is 6. The molecule has 0 aliphatic carbocycles. The Bertz CT molecular complexity index is 739. The summed E-state index contributed by atoms with van der Waals surface area (Å²) in [6.45, 7) is -0.00706. The summed E-state index contributed by atoms with van der Waals surface area (Å²) in [7, 11) is 0. The van der Waals surface area contributed by atoms with Crippen molar-refractivity contribution in [2.75, 3.05) is 0 Å². The summed E-state index contributed by atoms with van der Waals surface area (Å²) in [5.41, 5.74) is 4.74. The Kier molecular flexibility index (Phi) is 4.80. The molecule has 1 aromatic heterocycles. The van der Waals surface area contributed by atoms with Crippen LogP contribution in [-0.4, -0.2) is 10.8 Å². The molecule has 0 spiro atoms. The Labute approximate surface area is 130 Å². The van der Waals surface area contributed by atoms with Crippen LogP contribution in [0.25, 0.3) is 6.08 Å². The number of carbonyl (C=O) groups is 1. The first-order valence-electron chi connectivity index (χ1n) is 6.08. The molecule has 1 amide bonds. The van der Waals surface area contributed by atoms with Crippen LogP contribution in [-0.2, 0) is 11.4 Å². The SMILES string of the molecule is NC(=O)/C=C\c1ccc(COc2ccc(Cl)cc2[N+](=O)[O-])o1. The molecule has 0 saturated carbocycles. The Morgan fingerprint density at radius 2 is 2.18 bits per heavy atom. The van der Waals surface area contributed by atoms with Crippen LogP contribution in [0.1, 0.15) is 11.5 Å². The summed E-state index contributed by atoms with van der Waals surface area (Å²) < 4.78 is 10.7. The highest BCUT2D eigenvalue weighted by Crippen LogP contribution is 2.30. The maximum atomic E-state index is 10.9. The zero-order valence-corrected chi connectivity index (χ0v) is 11.9. The summed E-state index contributed by atoms with van der Waals surface area (Å²) in [6, 6.07) is 7.36. The van der Waals surface area contributed by atoms with Crippen molar-refractivity contribution in [2.45, 2.75) is 6.61 Å². The third-order valence-corrected chi connectivity index (χ3v) is 2.82. The number of nitro benzene ring substituents is 1. The van der Waals surface area contributed by atoms with Crippen molar-refractivity contribution in [1.82, 2.24) is 0 Å². The molecule has 7 nitrogen and oxygen atoms in total. The number of nitrogens with two attached hydrogens (primary N) is 1. The van der Waals surface area contributed by atoms with E-state index in [1.807, 2.05) is 0 Å². The number of primary amides is 1. The van der Waals surface area contributed by atoms with Crippen LogP contribution in [0.3, 0.4) is 0 Å². The van der Waals surface area contributed by atoms with Gasteiger partial charge in [0.25, 0.3) is 0 Å². The van der Waals surface area contributed by atoms with E-state index in [-0.39, 0.29) is 23.1 Å². The molecular weight excluding hydrogens is 312 g/mol. The van der Waals surface area contributed by atoms with Gasteiger partial charge in [-0.1, -0.05) is 11.6 Å². The number of halogens is 1. The summed E-state index contributed by atoms with van der Waals surface area (Å²) in [5.74, 6) is 0.349. The third kappa shape index (κ3) is 4.10. The molecule has 22 heavy (non-hydrogen) atoms. The van der Waals surface area contributed by atoms with E-state index in [2.05, 4.69) is 0 Å². The van der Waals surface area contributed by atoms with Gasteiger partial charge in [0.05, 0.1) is 4.92 Å². The van der Waals surface area contributed by atoms with Crippen LogP contribution in [0.2, 0.25) is 5.02 Å². The Balaban J connectivity index is 2.08. The fourth-order valence-corrected chi connectivity index (χ4v) is 1.80. The van der Waals surface area contributed by atoms with E-state index in [4.69, 9.17) is 26.5 Å². The minimum atomic E-state index is -0.592. The molecule has 114 valence electrons. The zero-order valence-electron chi connectivity index (χ0n) is 11.2. The van der Waals surface area contributed by atoms with Gasteiger partial charge in [0.1, 0.15) is 18.1 Å². The second-order valence-electron chi connectivity index (χ2n) is 4.20. The van der Waals surface area contributed by atoms with Crippen LogP contribution in [0.5, 0.6) is 5.75 Å². The lowest BCUT2D eigenvalue weighted by Gasteiger charge is -2.05. The molecular formula is C14H11ClN2O5. The second kappa shape index (κ2) is 6.77. The fraction of sp³-hybridized carbons (Fsp3) is 0.0714. The minimum absolute atomic E-state index is 0.00706. The monoisotopic (exact) mass is 322 g/mol. The highest BCUT2D eigenvalue weighted by molar-refractivity contribution is 6.30. The lowest BCUT2D eigenvalue weighted by Crippen LogP contribution is -2.04. The molecule has 0 saturated heterocycles. The number of carbonyl (C=O) groups excluding carboxylic acids is 1. The molecule has 0 bridgehead atoms. The highest BCUT2D eigenvalue weighted by atomic mass is 35.5. The molecule has 0 aliphatic rings. The van der Waals surface area contributed by atoms with Gasteiger partial charge in [-0.3, -0.25) is 14.9 Å². The Morgan fingerprint density at radius 1 is 1.41 bits per heavy atom. The van der Waals surface area contributed by atoms with Gasteiger partial charge in [0, 0.05) is 17.2 Å². The number of furan rings is 1. The van der Waals surface area contributed by atoms with E-state index >= 15 is 0 Å². The van der Waals surface area contributed by atoms with E-state index in [0.717, 1.165) is 6.08 Å². The maximum absolute atomic E-state index is 10.9. The van der Waals surface area contributed by atoms with Crippen LogP contribution in [0.15, 0.2) is 40.8 Å². The molecule has 0 fully saturated rings. The van der Waals surface area contributed by atoms with Gasteiger partial charge in [-0.05, 0) is 30.3 Å². The van der Waals surface area contributed by atoms with Gasteiger partial charge < -0.3 is 14.9 Å². The first-order valence-corrected chi connectivity index (χ1v) is 6.46. The normalized spacial score (nSPS) is 10.8. The zero-order chi connectivity index (χ0) is 16.1. The number of hydrogen-bond donors (Lipinski definition) is 1. The van der Waals surface area contributed by atoms with Crippen molar-refractivity contribution < 1.29 is 18.9 Å². The lowest BCUT2D eigenvalue weighted by atomic mass is 10.3. The average molecular weight is 323 g/mol. The summed E-state index contributed by atoms with van der Waals surface area (Å²) in [6.07, 6.45) is 2.57. The molecule has 0 radical (unpaired) electrons. The summed E-state index contributed by atoms with van der Waals surface area (Å²) in [4.78, 5) is 21.0. The van der Waals surface area contributed by atoms with Crippen molar-refractivity contribution in [1.29, 1.82) is 0 Å². The number of nitro groups is 1. The van der Waals surface area contributed by atoms with Crippen LogP contribution >= 0.6 is 11.6 Å². The van der Waals surface area contributed by atoms with Gasteiger partial charge in [0.2, 0.25) is 5.91 Å². The molecule has 0 atom stereocenters. The molecule has 8 heteroatoms. The number of ether oxygens (including phenoxy) is 1. The predicted molar refractivity (Wildman–Crippen MR) is 79.4 cm³/mol. The molecule has 1 aromatic carbocycles. The van der Waals surface area contributed by atoms with E-state index in [9.17, 15) is 14.9 Å². The van der Waals surface area contributed by atoms with Gasteiger partial charge in [-0.25, -0.2) is 0 Å². The largest absolute Gasteiger partial charge is 0.479 e. The Hall–Kier alpha value is -2.80. The Morgan fingerprint density at radius 3 is 2.86 bits per heavy atom. The van der Waals surface area contributed by atoms with Gasteiger partial charge in [-0.15, -0.1) is 0 Å². The highest BCUT2D eigenvalue weighted by Gasteiger charge is 2.16. The number of nitrogens with zero attached hydrogens (tertiary/aromatic N) is 1. The third-order valence-electron chi connectivity index (χ3n) is 2.58. The van der Waals surface area contributed by atoms with Crippen molar-refractivity contribution in [3.63, 3.8) is 0 Å². The van der Waals surface area contributed by atoms with E-state index in [0.29, 0.717) is 11.5 Å². The first-order chi connectivity index (χ1) is 10.5. The van der Waals surface area contributed by atoms with Crippen molar-refractivity contribution in [3.05, 3.63) is 63.1 Å². The van der Waals surface area contributed by atoms with Crippen molar-refractivity contribution in [2.24, 2.45) is 5.73 Å². The van der Waals surface area contributed by atoms with E-state index < -0.39 is 10.8 Å². The second-order valence-corrected chi connectivity index (χ2v) is 4.63. The molecule has 2 N–H and O–H groups in total. The smallest absolute Gasteiger partial charge is 0.312 e. The van der Waals surface area contributed by atoms with Crippen molar-refractivity contribution in [3.8, 4) is 5.75 Å². The van der Waals surface area contributed by atoms with Gasteiger partial charge in [-0.2, -0.15) is 0 Å². The van der Waals surface area contributed by atoms with Crippen LogP contribution in [0.4, 0.5) is 5.69 Å². The number of benzene rings is 1. The molecule has 2 aromatic rings. The van der Waals surface area contributed by atoms with Crippen molar-refractivity contribution >= 4 is 29.3 Å². The fourth-order valence-electron chi connectivity index (χ4n) is 1.63. The minimum Gasteiger partial charge on any atom is -0.479 e. The van der Waals surface area contributed by atoms with E-state index in [1.54, 1.807) is 12.1 Å². The molecule has 2 rings (SSSR count). The molecule has 1 heterocycles. The number of amides is 1. The van der Waals surface area contributed by atoms with Crippen LogP contribution < -0.4 is 10.5 Å². The topological polar surface area (TPSA) is 109 Å². The average Bonchev–Trinajstić information content (AvgIpc) is 2.91.